The third kappa shape index (κ3) is 6.50. The van der Waals surface area contributed by atoms with Crippen molar-refractivity contribution in [2.24, 2.45) is 0 Å². The highest BCUT2D eigenvalue weighted by atomic mass is 16.2. The van der Waals surface area contributed by atoms with E-state index in [9.17, 15) is 24.0 Å². The number of piperidine rings is 1. The third-order valence-electron chi connectivity index (χ3n) is 10.5. The molecule has 3 aromatic heterocycles. The molecule has 0 spiro atoms. The molecule has 55 heavy (non-hydrogen) atoms. The standard InChI is InChI=1S/C42H38N8O5/c1-3-33-40(53)46-22-35-38(47-36(4-2)50(33)35)27-12-8-11-25-19-32(45-21-29(25)27)26-14-15-31(44-20-26)39(52)43-18-6-5-9-24-10-7-13-28-30(24)23-49(42(28)55)34-16-17-37(51)48-41(34)54/h7-8,10-15,19-21,33-34H,3-4,6,16-18,22-23H2,1-2H3,(H,43,52)(H,46,53)(H,48,51,54). The van der Waals surface area contributed by atoms with Crippen LogP contribution in [0.3, 0.4) is 0 Å². The summed E-state index contributed by atoms with van der Waals surface area (Å²) in [5.41, 5.74) is 6.51. The Morgan fingerprint density at radius 2 is 1.82 bits per heavy atom. The number of pyridine rings is 2. The first-order chi connectivity index (χ1) is 26.7. The maximum atomic E-state index is 13.1. The van der Waals surface area contributed by atoms with E-state index in [2.05, 4.69) is 44.3 Å². The molecular formula is C42H38N8O5. The topological polar surface area (TPSA) is 168 Å². The number of aryl methyl sites for hydroxylation is 1. The molecule has 13 heteroatoms. The van der Waals surface area contributed by atoms with E-state index in [4.69, 9.17) is 9.97 Å². The smallest absolute Gasteiger partial charge is 0.269 e. The number of rotatable bonds is 8. The zero-order valence-corrected chi connectivity index (χ0v) is 30.4. The van der Waals surface area contributed by atoms with Gasteiger partial charge in [-0.25, -0.2) is 4.98 Å². The number of benzene rings is 2. The SMILES string of the molecule is CCc1nc(-c2cccc3cc(-c4ccc(C(=O)NCCC#Cc5cccc6c5CN(C5CCC(=O)NC5=O)C6=O)nc4)ncc23)c2n1C(CC)C(=O)NC2. The molecule has 2 aromatic carbocycles. The van der Waals surface area contributed by atoms with Crippen molar-refractivity contribution in [2.45, 2.75) is 71.1 Å². The van der Waals surface area contributed by atoms with E-state index in [0.717, 1.165) is 51.1 Å². The Hall–Kier alpha value is -6.68. The van der Waals surface area contributed by atoms with E-state index < -0.39 is 11.9 Å². The number of imide groups is 1. The number of fused-ring (bicyclic) bond motifs is 3. The first kappa shape index (κ1) is 35.4. The summed E-state index contributed by atoms with van der Waals surface area (Å²) in [6.07, 6.45) is 5.73. The highest BCUT2D eigenvalue weighted by Crippen LogP contribution is 2.36. The lowest BCUT2D eigenvalue weighted by atomic mass is 10.00. The summed E-state index contributed by atoms with van der Waals surface area (Å²) in [4.78, 5) is 78.3. The van der Waals surface area contributed by atoms with Crippen LogP contribution in [-0.2, 0) is 33.9 Å². The molecule has 3 aliphatic heterocycles. The number of hydrogen-bond donors (Lipinski definition) is 3. The minimum absolute atomic E-state index is 0.0233. The minimum atomic E-state index is -0.691. The Kier molecular flexibility index (Phi) is 9.40. The van der Waals surface area contributed by atoms with Gasteiger partial charge in [0.15, 0.2) is 0 Å². The van der Waals surface area contributed by atoms with Gasteiger partial charge in [-0.1, -0.05) is 50.0 Å². The van der Waals surface area contributed by atoms with Crippen molar-refractivity contribution < 1.29 is 24.0 Å². The maximum Gasteiger partial charge on any atom is 0.269 e. The van der Waals surface area contributed by atoms with Gasteiger partial charge in [-0.15, -0.1) is 0 Å². The van der Waals surface area contributed by atoms with E-state index >= 15 is 0 Å². The van der Waals surface area contributed by atoms with Gasteiger partial charge in [0.05, 0.1) is 23.6 Å². The zero-order chi connectivity index (χ0) is 38.2. The first-order valence-corrected chi connectivity index (χ1v) is 18.5. The Balaban J connectivity index is 0.913. The van der Waals surface area contributed by atoms with Crippen molar-refractivity contribution in [3.05, 3.63) is 101 Å². The predicted molar refractivity (Wildman–Crippen MR) is 203 cm³/mol. The van der Waals surface area contributed by atoms with Crippen molar-refractivity contribution in [3.8, 4) is 34.4 Å². The Morgan fingerprint density at radius 1 is 0.982 bits per heavy atom. The molecular weight excluding hydrogens is 697 g/mol. The van der Waals surface area contributed by atoms with Gasteiger partial charge in [0, 0.05) is 72.4 Å². The van der Waals surface area contributed by atoms with E-state index in [0.29, 0.717) is 49.2 Å². The monoisotopic (exact) mass is 734 g/mol. The second-order valence-corrected chi connectivity index (χ2v) is 13.8. The number of aromatic nitrogens is 4. The number of nitrogens with zero attached hydrogens (tertiary/aromatic N) is 5. The number of hydrogen-bond acceptors (Lipinski definition) is 8. The summed E-state index contributed by atoms with van der Waals surface area (Å²) >= 11 is 0. The molecule has 2 atom stereocenters. The predicted octanol–water partition coefficient (Wildman–Crippen LogP) is 4.24. The molecule has 8 rings (SSSR count). The molecule has 276 valence electrons. The van der Waals surface area contributed by atoms with E-state index in [1.54, 1.807) is 24.4 Å². The Bertz CT molecular complexity index is 2480. The van der Waals surface area contributed by atoms with Crippen molar-refractivity contribution in [1.82, 2.24) is 40.4 Å². The lowest BCUT2D eigenvalue weighted by Crippen LogP contribution is -2.52. The zero-order valence-electron chi connectivity index (χ0n) is 30.4. The maximum absolute atomic E-state index is 13.1. The fourth-order valence-corrected chi connectivity index (χ4v) is 7.70. The van der Waals surface area contributed by atoms with Crippen LogP contribution in [0.2, 0.25) is 0 Å². The van der Waals surface area contributed by atoms with Crippen molar-refractivity contribution in [3.63, 3.8) is 0 Å². The van der Waals surface area contributed by atoms with Gasteiger partial charge in [0.1, 0.15) is 23.6 Å². The van der Waals surface area contributed by atoms with Gasteiger partial charge < -0.3 is 20.1 Å². The fraction of sp³-hybridized carbons (Fsp3) is 0.286. The molecule has 2 unspecified atom stereocenters. The highest BCUT2D eigenvalue weighted by Gasteiger charge is 2.39. The number of nitrogens with one attached hydrogen (secondary N) is 3. The van der Waals surface area contributed by atoms with Crippen molar-refractivity contribution in [1.29, 1.82) is 0 Å². The summed E-state index contributed by atoms with van der Waals surface area (Å²) in [5, 5.41) is 10.1. The molecule has 3 N–H and O–H groups in total. The van der Waals surface area contributed by atoms with Crippen LogP contribution in [0.25, 0.3) is 33.3 Å². The molecule has 3 aliphatic rings. The molecule has 0 radical (unpaired) electrons. The molecule has 6 heterocycles. The first-order valence-electron chi connectivity index (χ1n) is 18.5. The van der Waals surface area contributed by atoms with Gasteiger partial charge in [-0.3, -0.25) is 39.3 Å². The largest absolute Gasteiger partial charge is 0.350 e. The average molecular weight is 735 g/mol. The van der Waals surface area contributed by atoms with Gasteiger partial charge in [-0.2, -0.15) is 0 Å². The van der Waals surface area contributed by atoms with Crippen LogP contribution in [0, 0.1) is 11.8 Å². The quantitative estimate of drug-likeness (QED) is 0.121. The number of imidazole rings is 1. The molecule has 5 amide bonds. The lowest BCUT2D eigenvalue weighted by Gasteiger charge is -2.29. The second kappa shape index (κ2) is 14.6. The summed E-state index contributed by atoms with van der Waals surface area (Å²) < 4.78 is 2.10. The molecule has 0 saturated carbocycles. The summed E-state index contributed by atoms with van der Waals surface area (Å²) in [6, 6.07) is 15.9. The minimum Gasteiger partial charge on any atom is -0.350 e. The van der Waals surface area contributed by atoms with Gasteiger partial charge in [-0.05, 0) is 54.1 Å². The average Bonchev–Trinajstić information content (AvgIpc) is 3.75. The highest BCUT2D eigenvalue weighted by molar-refractivity contribution is 6.05. The number of carbonyl (C=O) groups excluding carboxylic acids is 5. The van der Waals surface area contributed by atoms with Crippen LogP contribution in [-0.4, -0.2) is 66.5 Å². The second-order valence-electron chi connectivity index (χ2n) is 13.8. The van der Waals surface area contributed by atoms with E-state index in [1.807, 2.05) is 49.5 Å². The summed E-state index contributed by atoms with van der Waals surface area (Å²) in [5.74, 6) is 5.76. The Labute approximate surface area is 316 Å². The van der Waals surface area contributed by atoms with Crippen LogP contribution in [0.5, 0.6) is 0 Å². The van der Waals surface area contributed by atoms with Crippen LogP contribution < -0.4 is 16.0 Å². The van der Waals surface area contributed by atoms with Gasteiger partial charge >= 0.3 is 0 Å². The van der Waals surface area contributed by atoms with E-state index in [-0.39, 0.29) is 48.3 Å². The number of amides is 5. The molecule has 5 aromatic rings. The third-order valence-corrected chi connectivity index (χ3v) is 10.5. The summed E-state index contributed by atoms with van der Waals surface area (Å²) in [7, 11) is 0. The van der Waals surface area contributed by atoms with Gasteiger partial charge in [0.25, 0.3) is 11.8 Å². The molecule has 1 fully saturated rings. The molecule has 0 aliphatic carbocycles. The molecule has 13 nitrogen and oxygen atoms in total. The van der Waals surface area contributed by atoms with Crippen molar-refractivity contribution >= 4 is 40.3 Å². The van der Waals surface area contributed by atoms with Crippen molar-refractivity contribution in [2.75, 3.05) is 6.54 Å². The van der Waals surface area contributed by atoms with Crippen LogP contribution in [0.15, 0.2) is 67.0 Å². The van der Waals surface area contributed by atoms with Gasteiger partial charge in [0.2, 0.25) is 17.7 Å². The lowest BCUT2D eigenvalue weighted by molar-refractivity contribution is -0.137. The Morgan fingerprint density at radius 3 is 2.60 bits per heavy atom. The van der Waals surface area contributed by atoms with Crippen LogP contribution in [0.4, 0.5) is 0 Å². The normalized spacial score (nSPS) is 17.6. The summed E-state index contributed by atoms with van der Waals surface area (Å²) in [6.45, 7) is 5.03. The van der Waals surface area contributed by atoms with Crippen LogP contribution in [0.1, 0.15) is 89.1 Å². The molecule has 1 saturated heterocycles. The fourth-order valence-electron chi connectivity index (χ4n) is 7.70. The van der Waals surface area contributed by atoms with E-state index in [1.165, 1.54) is 4.90 Å². The molecule has 0 bridgehead atoms. The van der Waals surface area contributed by atoms with Crippen LogP contribution >= 0.6 is 0 Å². The number of carbonyl (C=O) groups is 5.